The Labute approximate surface area is 137 Å². The lowest BCUT2D eigenvalue weighted by molar-refractivity contribution is 0.0947. The molecule has 0 saturated carbocycles. The van der Waals surface area contributed by atoms with Gasteiger partial charge in [-0.1, -0.05) is 18.3 Å². The molecule has 0 radical (unpaired) electrons. The number of rotatable bonds is 6. The standard InChI is InChI=1S/C13H16N4O4S2/c1-3-11-16-17-12(22-11)7-15-13(18)9-6-8(23(14,19)20)4-5-10(9)21-2/h4-6H,3,7H2,1-2H3,(H,15,18)(H2,14,19,20). The van der Waals surface area contributed by atoms with E-state index < -0.39 is 15.9 Å². The molecular formula is C13H16N4O4S2. The molecule has 1 aromatic heterocycles. The molecule has 0 fully saturated rings. The molecule has 0 saturated heterocycles. The Bertz CT molecular complexity index is 817. The van der Waals surface area contributed by atoms with Crippen molar-refractivity contribution in [2.24, 2.45) is 5.14 Å². The molecule has 8 nitrogen and oxygen atoms in total. The zero-order valence-corrected chi connectivity index (χ0v) is 14.2. The van der Waals surface area contributed by atoms with Gasteiger partial charge >= 0.3 is 0 Å². The number of primary sulfonamides is 1. The molecule has 0 aliphatic rings. The first-order valence-electron chi connectivity index (χ1n) is 6.65. The number of benzene rings is 1. The molecule has 0 unspecified atom stereocenters. The Morgan fingerprint density at radius 1 is 1.35 bits per heavy atom. The van der Waals surface area contributed by atoms with E-state index in [1.807, 2.05) is 6.92 Å². The van der Waals surface area contributed by atoms with Gasteiger partial charge in [-0.05, 0) is 24.6 Å². The molecule has 1 amide bonds. The third kappa shape index (κ3) is 4.24. The van der Waals surface area contributed by atoms with Crippen molar-refractivity contribution in [2.75, 3.05) is 7.11 Å². The number of nitrogens with zero attached hydrogens (tertiary/aromatic N) is 2. The van der Waals surface area contributed by atoms with Crippen LogP contribution in [-0.2, 0) is 23.0 Å². The van der Waals surface area contributed by atoms with E-state index in [4.69, 9.17) is 9.88 Å². The van der Waals surface area contributed by atoms with Crippen LogP contribution in [0.4, 0.5) is 0 Å². The van der Waals surface area contributed by atoms with E-state index in [9.17, 15) is 13.2 Å². The minimum atomic E-state index is -3.91. The number of nitrogens with one attached hydrogen (secondary N) is 1. The SMILES string of the molecule is CCc1nnc(CNC(=O)c2cc(S(N)(=O)=O)ccc2OC)s1. The molecule has 23 heavy (non-hydrogen) atoms. The van der Waals surface area contributed by atoms with Crippen LogP contribution in [0.15, 0.2) is 23.1 Å². The predicted molar refractivity (Wildman–Crippen MR) is 84.8 cm³/mol. The summed E-state index contributed by atoms with van der Waals surface area (Å²) in [6.07, 6.45) is 0.774. The predicted octanol–water partition coefficient (Wildman–Crippen LogP) is 0.687. The van der Waals surface area contributed by atoms with Crippen LogP contribution in [0.5, 0.6) is 5.75 Å². The van der Waals surface area contributed by atoms with Crippen molar-refractivity contribution in [3.8, 4) is 5.75 Å². The molecule has 1 heterocycles. The van der Waals surface area contributed by atoms with Gasteiger partial charge in [0.05, 0.1) is 24.1 Å². The van der Waals surface area contributed by atoms with Crippen molar-refractivity contribution >= 4 is 27.3 Å². The second-order valence-corrected chi connectivity index (χ2v) is 7.24. The number of aromatic nitrogens is 2. The maximum atomic E-state index is 12.3. The molecular weight excluding hydrogens is 340 g/mol. The number of ether oxygens (including phenoxy) is 1. The fourth-order valence-corrected chi connectivity index (χ4v) is 3.06. The first kappa shape index (κ1) is 17.3. The lowest BCUT2D eigenvalue weighted by atomic mass is 10.2. The molecule has 3 N–H and O–H groups in total. The van der Waals surface area contributed by atoms with Gasteiger partial charge in [-0.15, -0.1) is 10.2 Å². The summed E-state index contributed by atoms with van der Waals surface area (Å²) in [6, 6.07) is 3.85. The van der Waals surface area contributed by atoms with E-state index in [1.54, 1.807) is 0 Å². The van der Waals surface area contributed by atoms with Crippen molar-refractivity contribution in [1.29, 1.82) is 0 Å². The summed E-state index contributed by atoms with van der Waals surface area (Å²) >= 11 is 1.40. The van der Waals surface area contributed by atoms with Gasteiger partial charge in [0.25, 0.3) is 5.91 Å². The summed E-state index contributed by atoms with van der Waals surface area (Å²) < 4.78 is 27.9. The van der Waals surface area contributed by atoms with Gasteiger partial charge in [0.15, 0.2) is 0 Å². The number of carbonyl (C=O) groups excluding carboxylic acids is 1. The molecule has 2 aromatic rings. The zero-order chi connectivity index (χ0) is 17.0. The summed E-state index contributed by atoms with van der Waals surface area (Å²) in [7, 11) is -2.52. The highest BCUT2D eigenvalue weighted by molar-refractivity contribution is 7.89. The van der Waals surface area contributed by atoms with E-state index in [1.165, 1.54) is 36.6 Å². The topological polar surface area (TPSA) is 124 Å². The smallest absolute Gasteiger partial charge is 0.255 e. The van der Waals surface area contributed by atoms with Crippen LogP contribution in [0.1, 0.15) is 27.3 Å². The van der Waals surface area contributed by atoms with Gasteiger partial charge in [-0.25, -0.2) is 13.6 Å². The maximum absolute atomic E-state index is 12.3. The number of sulfonamides is 1. The summed E-state index contributed by atoms with van der Waals surface area (Å²) in [5, 5.41) is 17.2. The lowest BCUT2D eigenvalue weighted by Crippen LogP contribution is -2.24. The van der Waals surface area contributed by atoms with E-state index in [0.29, 0.717) is 5.01 Å². The molecule has 2 rings (SSSR count). The Kier molecular flexibility index (Phi) is 5.29. The second-order valence-electron chi connectivity index (χ2n) is 4.53. The van der Waals surface area contributed by atoms with Gasteiger partial charge < -0.3 is 10.1 Å². The molecule has 0 spiro atoms. The quantitative estimate of drug-likeness (QED) is 0.784. The Balaban J connectivity index is 2.20. The summed E-state index contributed by atoms with van der Waals surface area (Å²) in [6.45, 7) is 2.16. The molecule has 0 bridgehead atoms. The fourth-order valence-electron chi connectivity index (χ4n) is 1.80. The first-order valence-corrected chi connectivity index (χ1v) is 9.01. The van der Waals surface area contributed by atoms with Crippen LogP contribution in [0.2, 0.25) is 0 Å². The number of carbonyl (C=O) groups is 1. The van der Waals surface area contributed by atoms with Crippen molar-refractivity contribution in [3.05, 3.63) is 33.8 Å². The Morgan fingerprint density at radius 2 is 2.04 bits per heavy atom. The zero-order valence-electron chi connectivity index (χ0n) is 12.6. The molecule has 0 aliphatic heterocycles. The van der Waals surface area contributed by atoms with E-state index in [0.717, 1.165) is 11.4 Å². The highest BCUT2D eigenvalue weighted by Crippen LogP contribution is 2.22. The van der Waals surface area contributed by atoms with Crippen molar-refractivity contribution in [2.45, 2.75) is 24.8 Å². The fraction of sp³-hybridized carbons (Fsp3) is 0.308. The van der Waals surface area contributed by atoms with Gasteiger partial charge in [-0.3, -0.25) is 4.79 Å². The van der Waals surface area contributed by atoms with Crippen molar-refractivity contribution < 1.29 is 17.9 Å². The van der Waals surface area contributed by atoms with E-state index >= 15 is 0 Å². The average molecular weight is 356 g/mol. The van der Waals surface area contributed by atoms with Crippen LogP contribution in [-0.4, -0.2) is 31.6 Å². The van der Waals surface area contributed by atoms with Gasteiger partial charge in [0.1, 0.15) is 15.8 Å². The van der Waals surface area contributed by atoms with Gasteiger partial charge in [-0.2, -0.15) is 0 Å². The van der Waals surface area contributed by atoms with Crippen LogP contribution < -0.4 is 15.2 Å². The normalized spacial score (nSPS) is 11.3. The van der Waals surface area contributed by atoms with Crippen molar-refractivity contribution in [1.82, 2.24) is 15.5 Å². The number of methoxy groups -OCH3 is 1. The average Bonchev–Trinajstić information content (AvgIpc) is 2.99. The third-order valence-electron chi connectivity index (χ3n) is 2.96. The summed E-state index contributed by atoms with van der Waals surface area (Å²) in [5.74, 6) is -0.234. The first-order chi connectivity index (χ1) is 10.8. The molecule has 10 heteroatoms. The number of nitrogens with two attached hydrogens (primary N) is 1. The Morgan fingerprint density at radius 3 is 2.61 bits per heavy atom. The third-order valence-corrected chi connectivity index (χ3v) is 4.93. The molecule has 0 atom stereocenters. The monoisotopic (exact) mass is 356 g/mol. The molecule has 0 aliphatic carbocycles. The number of hydrogen-bond donors (Lipinski definition) is 2. The van der Waals surface area contributed by atoms with E-state index in [-0.39, 0.29) is 22.8 Å². The lowest BCUT2D eigenvalue weighted by Gasteiger charge is -2.10. The number of aryl methyl sites for hydroxylation is 1. The van der Waals surface area contributed by atoms with Crippen LogP contribution >= 0.6 is 11.3 Å². The van der Waals surface area contributed by atoms with Crippen LogP contribution in [0.25, 0.3) is 0 Å². The van der Waals surface area contributed by atoms with E-state index in [2.05, 4.69) is 15.5 Å². The largest absolute Gasteiger partial charge is 0.496 e. The highest BCUT2D eigenvalue weighted by atomic mass is 32.2. The van der Waals surface area contributed by atoms with Crippen LogP contribution in [0, 0.1) is 0 Å². The maximum Gasteiger partial charge on any atom is 0.255 e. The van der Waals surface area contributed by atoms with Gasteiger partial charge in [0, 0.05) is 0 Å². The highest BCUT2D eigenvalue weighted by Gasteiger charge is 2.17. The van der Waals surface area contributed by atoms with Crippen molar-refractivity contribution in [3.63, 3.8) is 0 Å². The number of amides is 1. The summed E-state index contributed by atoms with van der Waals surface area (Å²) in [4.78, 5) is 12.1. The minimum Gasteiger partial charge on any atom is -0.496 e. The van der Waals surface area contributed by atoms with Gasteiger partial charge in [0.2, 0.25) is 10.0 Å². The Hall–Kier alpha value is -2.04. The number of hydrogen-bond acceptors (Lipinski definition) is 7. The van der Waals surface area contributed by atoms with Crippen LogP contribution in [0.3, 0.4) is 0 Å². The minimum absolute atomic E-state index is 0.0826. The molecule has 124 valence electrons. The second kappa shape index (κ2) is 7.02. The molecule has 1 aromatic carbocycles. The summed E-state index contributed by atoms with van der Waals surface area (Å²) in [5.41, 5.74) is 0.0826.